The molecule has 1 saturated heterocycles. The molecule has 1 fully saturated rings. The molecule has 1 aliphatic heterocycles. The van der Waals surface area contributed by atoms with Gasteiger partial charge in [-0.25, -0.2) is 13.1 Å². The molecular formula is C26H32N2O5S2. The fourth-order valence-corrected chi connectivity index (χ4v) is 5.72. The number of benzene rings is 3. The zero-order valence-electron chi connectivity index (χ0n) is 20.0. The maximum atomic E-state index is 11.9. The second kappa shape index (κ2) is 11.5. The molecule has 0 radical (unpaired) electrons. The lowest BCUT2D eigenvalue weighted by Crippen LogP contribution is -2.52. The molecule has 3 aromatic carbocycles. The molecule has 9 heteroatoms. The standard InChI is InChI=1S/C19H24N2O2S.C7H8O3S/c1-24(22,23)20-19(18-10-6-3-7-11-18)12-14-21(15-13-19)16-17-8-4-2-5-9-17;1-6-2-4-7(5-3-6)11(8,9)10/h2-11,20H,12-16H2,1H3;2-5H,1H3,(H,8,9,10). The van der Waals surface area contributed by atoms with Crippen LogP contribution in [0.1, 0.15) is 29.5 Å². The lowest BCUT2D eigenvalue weighted by molar-refractivity contribution is 0.145. The van der Waals surface area contributed by atoms with Crippen LogP contribution in [-0.4, -0.2) is 45.6 Å². The lowest BCUT2D eigenvalue weighted by Gasteiger charge is -2.42. The zero-order valence-corrected chi connectivity index (χ0v) is 21.6. The predicted octanol–water partition coefficient (Wildman–Crippen LogP) is 3.97. The molecule has 0 aliphatic carbocycles. The van der Waals surface area contributed by atoms with E-state index in [1.165, 1.54) is 24.0 Å². The van der Waals surface area contributed by atoms with Gasteiger partial charge in [0, 0.05) is 19.6 Å². The minimum atomic E-state index is -4.02. The number of hydrogen-bond acceptors (Lipinski definition) is 5. The maximum absolute atomic E-state index is 11.9. The quantitative estimate of drug-likeness (QED) is 0.481. The molecule has 188 valence electrons. The predicted molar refractivity (Wildman–Crippen MR) is 138 cm³/mol. The van der Waals surface area contributed by atoms with Gasteiger partial charge in [0.1, 0.15) is 0 Å². The van der Waals surface area contributed by atoms with Crippen LogP contribution in [-0.2, 0) is 32.2 Å². The normalized spacial score (nSPS) is 16.2. The first-order valence-corrected chi connectivity index (χ1v) is 14.6. The van der Waals surface area contributed by atoms with Gasteiger partial charge >= 0.3 is 0 Å². The fraction of sp³-hybridized carbons (Fsp3) is 0.308. The minimum absolute atomic E-state index is 0.0666. The summed E-state index contributed by atoms with van der Waals surface area (Å²) in [5, 5.41) is 0. The largest absolute Gasteiger partial charge is 0.299 e. The maximum Gasteiger partial charge on any atom is 0.294 e. The molecule has 4 rings (SSSR count). The summed E-state index contributed by atoms with van der Waals surface area (Å²) in [7, 11) is -7.29. The highest BCUT2D eigenvalue weighted by Crippen LogP contribution is 2.34. The van der Waals surface area contributed by atoms with E-state index in [1.54, 1.807) is 12.1 Å². The minimum Gasteiger partial charge on any atom is -0.299 e. The topological polar surface area (TPSA) is 104 Å². The van der Waals surface area contributed by atoms with Gasteiger partial charge in [-0.15, -0.1) is 0 Å². The van der Waals surface area contributed by atoms with Crippen LogP contribution in [0.15, 0.2) is 89.8 Å². The second-order valence-electron chi connectivity index (χ2n) is 8.87. The van der Waals surface area contributed by atoms with Crippen LogP contribution >= 0.6 is 0 Å². The Kier molecular flexibility index (Phi) is 8.84. The van der Waals surface area contributed by atoms with Crippen molar-refractivity contribution in [1.29, 1.82) is 0 Å². The zero-order chi connectivity index (χ0) is 25.5. The summed E-state index contributed by atoms with van der Waals surface area (Å²) >= 11 is 0. The smallest absolute Gasteiger partial charge is 0.294 e. The summed E-state index contributed by atoms with van der Waals surface area (Å²) in [6.07, 6.45) is 2.79. The fourth-order valence-electron chi connectivity index (χ4n) is 4.21. The number of sulfonamides is 1. The Morgan fingerprint density at radius 2 is 1.34 bits per heavy atom. The monoisotopic (exact) mass is 516 g/mol. The van der Waals surface area contributed by atoms with Gasteiger partial charge in [0.2, 0.25) is 10.0 Å². The van der Waals surface area contributed by atoms with Crippen molar-refractivity contribution in [3.63, 3.8) is 0 Å². The van der Waals surface area contributed by atoms with Crippen molar-refractivity contribution in [1.82, 2.24) is 9.62 Å². The summed E-state index contributed by atoms with van der Waals surface area (Å²) in [4.78, 5) is 2.32. The van der Waals surface area contributed by atoms with Gasteiger partial charge in [0.15, 0.2) is 0 Å². The Labute approximate surface area is 208 Å². The molecule has 0 saturated carbocycles. The van der Waals surface area contributed by atoms with Crippen molar-refractivity contribution in [3.05, 3.63) is 102 Å². The second-order valence-corrected chi connectivity index (χ2v) is 12.0. The summed E-state index contributed by atoms with van der Waals surface area (Å²) < 4.78 is 56.3. The number of nitrogens with zero attached hydrogens (tertiary/aromatic N) is 1. The van der Waals surface area contributed by atoms with Crippen LogP contribution in [0.4, 0.5) is 0 Å². The highest BCUT2D eigenvalue weighted by molar-refractivity contribution is 7.88. The Bertz CT molecular complexity index is 1290. The highest BCUT2D eigenvalue weighted by Gasteiger charge is 2.38. The van der Waals surface area contributed by atoms with Gasteiger partial charge in [-0.05, 0) is 43.0 Å². The molecule has 0 amide bonds. The Morgan fingerprint density at radius 3 is 1.83 bits per heavy atom. The van der Waals surface area contributed by atoms with Gasteiger partial charge in [-0.3, -0.25) is 9.45 Å². The Morgan fingerprint density at radius 1 is 0.829 bits per heavy atom. The summed E-state index contributed by atoms with van der Waals surface area (Å²) in [6.45, 7) is 4.48. The molecule has 35 heavy (non-hydrogen) atoms. The molecule has 3 aromatic rings. The first-order chi connectivity index (χ1) is 16.5. The molecule has 2 N–H and O–H groups in total. The average Bonchev–Trinajstić information content (AvgIpc) is 2.81. The van der Waals surface area contributed by atoms with E-state index in [4.69, 9.17) is 4.55 Å². The highest BCUT2D eigenvalue weighted by atomic mass is 32.2. The SMILES string of the molecule is CS(=O)(=O)NC1(c2ccccc2)CCN(Cc2ccccc2)CC1.Cc1ccc(S(=O)(=O)O)cc1. The van der Waals surface area contributed by atoms with Gasteiger partial charge in [-0.1, -0.05) is 78.4 Å². The summed E-state index contributed by atoms with van der Waals surface area (Å²) in [5.74, 6) is 0. The van der Waals surface area contributed by atoms with E-state index in [1.807, 2.05) is 43.3 Å². The molecule has 0 spiro atoms. The van der Waals surface area contributed by atoms with Crippen molar-refractivity contribution < 1.29 is 21.4 Å². The van der Waals surface area contributed by atoms with E-state index in [9.17, 15) is 16.8 Å². The third kappa shape index (κ3) is 8.26. The molecule has 1 aliphatic rings. The number of nitrogens with one attached hydrogen (secondary N) is 1. The van der Waals surface area contributed by atoms with Crippen LogP contribution in [0.5, 0.6) is 0 Å². The van der Waals surface area contributed by atoms with Crippen LogP contribution in [0.2, 0.25) is 0 Å². The van der Waals surface area contributed by atoms with Crippen molar-refractivity contribution >= 4 is 20.1 Å². The van der Waals surface area contributed by atoms with Crippen LogP contribution in [0, 0.1) is 6.92 Å². The molecule has 0 aromatic heterocycles. The van der Waals surface area contributed by atoms with Crippen molar-refractivity contribution in [2.24, 2.45) is 0 Å². The van der Waals surface area contributed by atoms with Gasteiger partial charge in [0.05, 0.1) is 16.7 Å². The Balaban J connectivity index is 0.000000261. The van der Waals surface area contributed by atoms with Crippen molar-refractivity contribution in [2.75, 3.05) is 19.3 Å². The molecule has 0 bridgehead atoms. The summed E-state index contributed by atoms with van der Waals surface area (Å²) in [6, 6.07) is 26.3. The first kappa shape index (κ1) is 27.0. The molecule has 1 heterocycles. The molecule has 0 atom stereocenters. The lowest BCUT2D eigenvalue weighted by atomic mass is 9.82. The Hall–Kier alpha value is -2.56. The van der Waals surface area contributed by atoms with Crippen molar-refractivity contribution in [3.8, 4) is 0 Å². The average molecular weight is 517 g/mol. The van der Waals surface area contributed by atoms with E-state index < -0.39 is 25.7 Å². The van der Waals surface area contributed by atoms with E-state index in [-0.39, 0.29) is 4.90 Å². The number of aryl methyl sites for hydroxylation is 1. The van der Waals surface area contributed by atoms with E-state index in [0.717, 1.165) is 43.6 Å². The third-order valence-corrected chi connectivity index (χ3v) is 7.61. The van der Waals surface area contributed by atoms with Gasteiger partial charge in [0.25, 0.3) is 10.1 Å². The number of hydrogen-bond donors (Lipinski definition) is 2. The number of rotatable bonds is 6. The van der Waals surface area contributed by atoms with Crippen LogP contribution in [0.25, 0.3) is 0 Å². The van der Waals surface area contributed by atoms with Gasteiger partial charge < -0.3 is 0 Å². The molecule has 0 unspecified atom stereocenters. The van der Waals surface area contributed by atoms with E-state index in [2.05, 4.69) is 33.9 Å². The van der Waals surface area contributed by atoms with Crippen LogP contribution in [0.3, 0.4) is 0 Å². The summed E-state index contributed by atoms with van der Waals surface area (Å²) in [5.41, 5.74) is 2.80. The first-order valence-electron chi connectivity index (χ1n) is 11.3. The number of piperidine rings is 1. The van der Waals surface area contributed by atoms with E-state index in [0.29, 0.717) is 0 Å². The van der Waals surface area contributed by atoms with E-state index >= 15 is 0 Å². The third-order valence-electron chi connectivity index (χ3n) is 5.98. The molecule has 7 nitrogen and oxygen atoms in total. The number of likely N-dealkylation sites (tertiary alicyclic amines) is 1. The van der Waals surface area contributed by atoms with Crippen LogP contribution < -0.4 is 4.72 Å². The molecular weight excluding hydrogens is 484 g/mol. The van der Waals surface area contributed by atoms with Crippen molar-refractivity contribution in [2.45, 2.75) is 36.7 Å². The van der Waals surface area contributed by atoms with Gasteiger partial charge in [-0.2, -0.15) is 8.42 Å².